The molecule has 114 valence electrons. The van der Waals surface area contributed by atoms with Gasteiger partial charge in [-0.1, -0.05) is 19.1 Å². The molecule has 0 saturated heterocycles. The van der Waals surface area contributed by atoms with E-state index < -0.39 is 0 Å². The maximum absolute atomic E-state index is 12.1. The van der Waals surface area contributed by atoms with Gasteiger partial charge in [-0.2, -0.15) is 0 Å². The van der Waals surface area contributed by atoms with Gasteiger partial charge >= 0.3 is 0 Å². The number of thiophene rings is 1. The van der Waals surface area contributed by atoms with Crippen LogP contribution in [0, 0.1) is 0 Å². The quantitative estimate of drug-likeness (QED) is 0.681. The first kappa shape index (κ1) is 15.1. The average Bonchev–Trinajstić information content (AvgIpc) is 3.17. The molecule has 0 aliphatic heterocycles. The predicted octanol–water partition coefficient (Wildman–Crippen LogP) is 3.36. The summed E-state index contributed by atoms with van der Waals surface area (Å²) < 4.78 is 1.17. The van der Waals surface area contributed by atoms with E-state index in [-0.39, 0.29) is 5.91 Å². The van der Waals surface area contributed by atoms with Gasteiger partial charge < -0.3 is 10.6 Å². The molecule has 0 aliphatic rings. The summed E-state index contributed by atoms with van der Waals surface area (Å²) in [5.74, 6) is -0.0183. The summed E-state index contributed by atoms with van der Waals surface area (Å²) in [4.78, 5) is 18.5. The third kappa shape index (κ3) is 3.35. The fraction of sp³-hybridized carbons (Fsp3) is 0.250. The van der Waals surface area contributed by atoms with Crippen LogP contribution in [0.4, 0.5) is 0 Å². The number of fused-ring (bicyclic) bond motifs is 1. The standard InChI is InChI=1S/C16H17N3OS2/c1-2-17-9-10-18-15(20)13-7-8-14(21-13)16-19-11-5-3-4-6-12(11)22-16/h3-8,17H,2,9-10H2,1H3,(H,18,20). The number of aromatic nitrogens is 1. The van der Waals surface area contributed by atoms with E-state index >= 15 is 0 Å². The number of hydrogen-bond acceptors (Lipinski definition) is 5. The zero-order valence-electron chi connectivity index (χ0n) is 12.3. The molecule has 3 rings (SSSR count). The summed E-state index contributed by atoms with van der Waals surface area (Å²) in [5, 5.41) is 7.07. The van der Waals surface area contributed by atoms with Gasteiger partial charge in [-0.3, -0.25) is 4.79 Å². The fourth-order valence-corrected chi connectivity index (χ4v) is 4.02. The van der Waals surface area contributed by atoms with Crippen LogP contribution in [-0.4, -0.2) is 30.5 Å². The van der Waals surface area contributed by atoms with Crippen LogP contribution < -0.4 is 10.6 Å². The van der Waals surface area contributed by atoms with Gasteiger partial charge in [0.1, 0.15) is 5.01 Å². The van der Waals surface area contributed by atoms with Crippen LogP contribution in [0.15, 0.2) is 36.4 Å². The number of nitrogens with zero attached hydrogens (tertiary/aromatic N) is 1. The van der Waals surface area contributed by atoms with Crippen molar-refractivity contribution in [1.29, 1.82) is 0 Å². The number of hydrogen-bond donors (Lipinski definition) is 2. The molecule has 4 nitrogen and oxygen atoms in total. The molecule has 0 unspecified atom stereocenters. The van der Waals surface area contributed by atoms with E-state index in [1.54, 1.807) is 11.3 Å². The monoisotopic (exact) mass is 331 g/mol. The van der Waals surface area contributed by atoms with Crippen LogP contribution in [0.1, 0.15) is 16.6 Å². The van der Waals surface area contributed by atoms with Crippen molar-refractivity contribution in [2.24, 2.45) is 0 Å². The van der Waals surface area contributed by atoms with E-state index in [0.717, 1.165) is 33.4 Å². The lowest BCUT2D eigenvalue weighted by molar-refractivity contribution is 0.0958. The predicted molar refractivity (Wildman–Crippen MR) is 93.8 cm³/mol. The number of carbonyl (C=O) groups is 1. The van der Waals surface area contributed by atoms with Gasteiger partial charge in [0, 0.05) is 13.1 Å². The van der Waals surface area contributed by atoms with Crippen molar-refractivity contribution in [3.05, 3.63) is 41.3 Å². The lowest BCUT2D eigenvalue weighted by Crippen LogP contribution is -2.31. The number of amides is 1. The van der Waals surface area contributed by atoms with Gasteiger partial charge in [-0.25, -0.2) is 4.98 Å². The van der Waals surface area contributed by atoms with Crippen LogP contribution in [0.5, 0.6) is 0 Å². The Morgan fingerprint density at radius 3 is 2.82 bits per heavy atom. The number of para-hydroxylation sites is 1. The molecule has 1 aromatic carbocycles. The van der Waals surface area contributed by atoms with Crippen LogP contribution in [0.25, 0.3) is 20.1 Å². The lowest BCUT2D eigenvalue weighted by atomic mass is 10.3. The van der Waals surface area contributed by atoms with Gasteiger partial charge in [0.2, 0.25) is 0 Å². The highest BCUT2D eigenvalue weighted by molar-refractivity contribution is 7.26. The van der Waals surface area contributed by atoms with Crippen molar-refractivity contribution in [3.8, 4) is 9.88 Å². The molecule has 22 heavy (non-hydrogen) atoms. The Bertz CT molecular complexity index is 745. The van der Waals surface area contributed by atoms with Gasteiger partial charge in [-0.15, -0.1) is 22.7 Å². The third-order valence-corrected chi connectivity index (χ3v) is 5.46. The summed E-state index contributed by atoms with van der Waals surface area (Å²) in [5.41, 5.74) is 1.01. The zero-order valence-corrected chi connectivity index (χ0v) is 13.9. The Morgan fingerprint density at radius 2 is 2.00 bits per heavy atom. The molecule has 2 heterocycles. The number of thiazole rings is 1. The molecule has 2 N–H and O–H groups in total. The molecule has 0 saturated carbocycles. The summed E-state index contributed by atoms with van der Waals surface area (Å²) in [6.07, 6.45) is 0. The Kier molecular flexibility index (Phi) is 4.82. The van der Waals surface area contributed by atoms with Gasteiger partial charge in [-0.05, 0) is 30.8 Å². The zero-order chi connectivity index (χ0) is 15.4. The Balaban J connectivity index is 1.71. The highest BCUT2D eigenvalue weighted by atomic mass is 32.1. The molecule has 0 spiro atoms. The molecule has 3 aromatic rings. The first-order valence-electron chi connectivity index (χ1n) is 7.22. The van der Waals surface area contributed by atoms with E-state index in [1.165, 1.54) is 16.0 Å². The molecule has 6 heteroatoms. The summed E-state index contributed by atoms with van der Waals surface area (Å²) in [6, 6.07) is 11.9. The molecular formula is C16H17N3OS2. The average molecular weight is 331 g/mol. The fourth-order valence-electron chi connectivity index (χ4n) is 2.08. The van der Waals surface area contributed by atoms with E-state index in [4.69, 9.17) is 0 Å². The molecule has 0 bridgehead atoms. The smallest absolute Gasteiger partial charge is 0.261 e. The molecule has 0 fully saturated rings. The summed E-state index contributed by atoms with van der Waals surface area (Å²) in [6.45, 7) is 4.39. The lowest BCUT2D eigenvalue weighted by Gasteiger charge is -2.03. The minimum atomic E-state index is -0.0183. The van der Waals surface area contributed by atoms with E-state index in [0.29, 0.717) is 6.54 Å². The normalized spacial score (nSPS) is 11.0. The van der Waals surface area contributed by atoms with Crippen LogP contribution in [0.2, 0.25) is 0 Å². The van der Waals surface area contributed by atoms with Gasteiger partial charge in [0.25, 0.3) is 5.91 Å². The Labute approximate surface area is 137 Å². The minimum absolute atomic E-state index is 0.0183. The second-order valence-electron chi connectivity index (χ2n) is 4.76. The van der Waals surface area contributed by atoms with Crippen LogP contribution >= 0.6 is 22.7 Å². The number of likely N-dealkylation sites (N-methyl/N-ethyl adjacent to an activating group) is 1. The van der Waals surface area contributed by atoms with Crippen molar-refractivity contribution in [2.45, 2.75) is 6.92 Å². The van der Waals surface area contributed by atoms with Gasteiger partial charge in [0.15, 0.2) is 0 Å². The first-order chi connectivity index (χ1) is 10.8. The van der Waals surface area contributed by atoms with Crippen molar-refractivity contribution >= 4 is 38.8 Å². The highest BCUT2D eigenvalue weighted by Crippen LogP contribution is 2.34. The Morgan fingerprint density at radius 1 is 1.14 bits per heavy atom. The van der Waals surface area contributed by atoms with E-state index in [2.05, 4.69) is 21.7 Å². The minimum Gasteiger partial charge on any atom is -0.350 e. The second-order valence-corrected chi connectivity index (χ2v) is 6.87. The molecule has 2 aromatic heterocycles. The van der Waals surface area contributed by atoms with Crippen LogP contribution in [-0.2, 0) is 0 Å². The number of benzene rings is 1. The topological polar surface area (TPSA) is 54.0 Å². The molecular weight excluding hydrogens is 314 g/mol. The highest BCUT2D eigenvalue weighted by Gasteiger charge is 2.12. The van der Waals surface area contributed by atoms with Crippen molar-refractivity contribution in [1.82, 2.24) is 15.6 Å². The van der Waals surface area contributed by atoms with Crippen molar-refractivity contribution in [2.75, 3.05) is 19.6 Å². The molecule has 0 aliphatic carbocycles. The maximum atomic E-state index is 12.1. The van der Waals surface area contributed by atoms with Crippen molar-refractivity contribution in [3.63, 3.8) is 0 Å². The maximum Gasteiger partial charge on any atom is 0.261 e. The SMILES string of the molecule is CCNCCNC(=O)c1ccc(-c2nc3ccccc3s2)s1. The van der Waals surface area contributed by atoms with E-state index in [9.17, 15) is 4.79 Å². The van der Waals surface area contributed by atoms with Crippen molar-refractivity contribution < 1.29 is 4.79 Å². The first-order valence-corrected chi connectivity index (χ1v) is 8.86. The molecule has 0 atom stereocenters. The number of carbonyl (C=O) groups excluding carboxylic acids is 1. The third-order valence-electron chi connectivity index (χ3n) is 3.17. The second kappa shape index (κ2) is 7.00. The Hall–Kier alpha value is -1.76. The summed E-state index contributed by atoms with van der Waals surface area (Å²) in [7, 11) is 0. The number of nitrogens with one attached hydrogen (secondary N) is 2. The molecule has 0 radical (unpaired) electrons. The largest absolute Gasteiger partial charge is 0.350 e. The molecule has 1 amide bonds. The van der Waals surface area contributed by atoms with E-state index in [1.807, 2.05) is 37.3 Å². The van der Waals surface area contributed by atoms with Crippen LogP contribution in [0.3, 0.4) is 0 Å². The number of rotatable bonds is 6. The van der Waals surface area contributed by atoms with Gasteiger partial charge in [0.05, 0.1) is 20.0 Å². The summed E-state index contributed by atoms with van der Waals surface area (Å²) >= 11 is 3.15.